The van der Waals surface area contributed by atoms with E-state index in [1.54, 1.807) is 0 Å². The van der Waals surface area contributed by atoms with E-state index in [-0.39, 0.29) is 11.3 Å². The quantitative estimate of drug-likeness (QED) is 0.822. The Kier molecular flexibility index (Phi) is 3.40. The van der Waals surface area contributed by atoms with Crippen LogP contribution in [-0.4, -0.2) is 5.91 Å². The lowest BCUT2D eigenvalue weighted by Crippen LogP contribution is -2.14. The molecule has 3 rings (SSSR count). The molecule has 1 heterocycles. The first kappa shape index (κ1) is 14.3. The molecule has 0 bridgehead atoms. The van der Waals surface area contributed by atoms with Crippen LogP contribution in [0, 0.1) is 6.92 Å². The van der Waals surface area contributed by atoms with E-state index in [1.807, 2.05) is 24.4 Å². The molecule has 21 heavy (non-hydrogen) atoms. The molecule has 0 radical (unpaired) electrons. The van der Waals surface area contributed by atoms with Crippen LogP contribution in [0.5, 0.6) is 0 Å². The zero-order valence-corrected chi connectivity index (χ0v) is 13.8. The van der Waals surface area contributed by atoms with Gasteiger partial charge in [-0.05, 0) is 58.9 Å². The van der Waals surface area contributed by atoms with Gasteiger partial charge in [-0.3, -0.25) is 4.79 Å². The number of hydrogen-bond acceptors (Lipinski definition) is 2. The molecule has 1 N–H and O–H groups in total. The number of benzene rings is 1. The van der Waals surface area contributed by atoms with Gasteiger partial charge in [0.2, 0.25) is 0 Å². The van der Waals surface area contributed by atoms with Gasteiger partial charge in [-0.2, -0.15) is 0 Å². The highest BCUT2D eigenvalue weighted by Crippen LogP contribution is 2.48. The maximum Gasteiger partial charge on any atom is 0.266 e. The number of anilines is 1. The van der Waals surface area contributed by atoms with Gasteiger partial charge in [0.05, 0.1) is 4.88 Å². The second-order valence-corrected chi connectivity index (χ2v) is 7.56. The summed E-state index contributed by atoms with van der Waals surface area (Å²) >= 11 is 1.50. The van der Waals surface area contributed by atoms with Crippen molar-refractivity contribution in [1.29, 1.82) is 0 Å². The van der Waals surface area contributed by atoms with E-state index < -0.39 is 0 Å². The summed E-state index contributed by atoms with van der Waals surface area (Å²) < 4.78 is 0. The minimum absolute atomic E-state index is 0.00723. The van der Waals surface area contributed by atoms with Crippen LogP contribution in [0.4, 0.5) is 5.69 Å². The Labute approximate surface area is 130 Å². The van der Waals surface area contributed by atoms with Crippen LogP contribution >= 0.6 is 11.3 Å². The number of aryl methyl sites for hydroxylation is 1. The Morgan fingerprint density at radius 1 is 1.33 bits per heavy atom. The second kappa shape index (κ2) is 4.99. The Hall–Kier alpha value is -1.61. The third-order valence-corrected chi connectivity index (χ3v) is 5.48. The summed E-state index contributed by atoms with van der Waals surface area (Å²) in [7, 11) is 0. The van der Waals surface area contributed by atoms with Crippen LogP contribution in [0.1, 0.15) is 59.5 Å². The van der Waals surface area contributed by atoms with Gasteiger partial charge in [0, 0.05) is 5.69 Å². The molecule has 1 unspecified atom stereocenters. The molecular weight excluding hydrogens is 278 g/mol. The number of thiophene rings is 1. The number of carbonyl (C=O) groups excluding carboxylic acids is 1. The largest absolute Gasteiger partial charge is 0.321 e. The molecule has 0 aliphatic heterocycles. The summed E-state index contributed by atoms with van der Waals surface area (Å²) in [5.41, 5.74) is 4.89. The van der Waals surface area contributed by atoms with Gasteiger partial charge in [0.25, 0.3) is 5.91 Å². The SMILES string of the molecule is Cc1ccsc1C(=O)Nc1cccc2c1C(C)CC2(C)C. The van der Waals surface area contributed by atoms with Gasteiger partial charge < -0.3 is 5.32 Å². The van der Waals surface area contributed by atoms with Crippen molar-refractivity contribution < 1.29 is 4.79 Å². The molecule has 3 heteroatoms. The predicted molar refractivity (Wildman–Crippen MR) is 89.5 cm³/mol. The molecule has 1 aliphatic rings. The van der Waals surface area contributed by atoms with Crippen molar-refractivity contribution in [2.75, 3.05) is 5.32 Å². The standard InChI is InChI=1S/C18H21NOS/c1-11-8-9-21-16(11)17(20)19-14-7-5-6-13-15(14)12(2)10-18(13,3)4/h5-9,12H,10H2,1-4H3,(H,19,20). The molecule has 2 aromatic rings. The van der Waals surface area contributed by atoms with Crippen LogP contribution < -0.4 is 5.32 Å². The number of fused-ring (bicyclic) bond motifs is 1. The van der Waals surface area contributed by atoms with Gasteiger partial charge in [0.15, 0.2) is 0 Å². The van der Waals surface area contributed by atoms with Gasteiger partial charge in [0.1, 0.15) is 0 Å². The topological polar surface area (TPSA) is 29.1 Å². The third kappa shape index (κ3) is 2.40. The van der Waals surface area contributed by atoms with Gasteiger partial charge >= 0.3 is 0 Å². The lowest BCUT2D eigenvalue weighted by molar-refractivity contribution is 0.103. The van der Waals surface area contributed by atoms with Crippen LogP contribution in [0.2, 0.25) is 0 Å². The smallest absolute Gasteiger partial charge is 0.266 e. The normalized spacial score (nSPS) is 19.3. The summed E-state index contributed by atoms with van der Waals surface area (Å²) in [6, 6.07) is 8.26. The van der Waals surface area contributed by atoms with E-state index in [0.29, 0.717) is 5.92 Å². The van der Waals surface area contributed by atoms with E-state index in [9.17, 15) is 4.79 Å². The molecule has 1 aliphatic carbocycles. The molecule has 0 saturated carbocycles. The van der Waals surface area contributed by atoms with Gasteiger partial charge in [-0.25, -0.2) is 0 Å². The molecule has 0 fully saturated rings. The Morgan fingerprint density at radius 2 is 2.10 bits per heavy atom. The molecule has 1 aromatic carbocycles. The molecule has 1 amide bonds. The van der Waals surface area contributed by atoms with Crippen molar-refractivity contribution >= 4 is 22.9 Å². The molecular formula is C18H21NOS. The highest BCUT2D eigenvalue weighted by atomic mass is 32.1. The van der Waals surface area contributed by atoms with Crippen molar-refractivity contribution in [3.8, 4) is 0 Å². The maximum absolute atomic E-state index is 12.5. The van der Waals surface area contributed by atoms with Crippen LogP contribution in [-0.2, 0) is 5.41 Å². The number of hydrogen-bond donors (Lipinski definition) is 1. The van der Waals surface area contributed by atoms with Crippen LogP contribution in [0.15, 0.2) is 29.6 Å². The van der Waals surface area contributed by atoms with Crippen LogP contribution in [0.3, 0.4) is 0 Å². The zero-order valence-electron chi connectivity index (χ0n) is 13.0. The number of rotatable bonds is 2. The first-order valence-corrected chi connectivity index (χ1v) is 8.27. The third-order valence-electron chi connectivity index (χ3n) is 4.46. The van der Waals surface area contributed by atoms with E-state index in [0.717, 1.165) is 22.5 Å². The predicted octanol–water partition coefficient (Wildman–Crippen LogP) is 5.09. The molecule has 0 saturated heterocycles. The van der Waals surface area contributed by atoms with E-state index in [4.69, 9.17) is 0 Å². The first-order valence-electron chi connectivity index (χ1n) is 7.39. The minimum atomic E-state index is 0.00723. The number of amides is 1. The van der Waals surface area contributed by atoms with Crippen molar-refractivity contribution in [3.05, 3.63) is 51.2 Å². The van der Waals surface area contributed by atoms with Gasteiger partial charge in [-0.15, -0.1) is 11.3 Å². The summed E-state index contributed by atoms with van der Waals surface area (Å²) in [5.74, 6) is 0.490. The van der Waals surface area contributed by atoms with Gasteiger partial charge in [-0.1, -0.05) is 32.9 Å². The average Bonchev–Trinajstić information content (AvgIpc) is 2.92. The van der Waals surface area contributed by atoms with E-state index >= 15 is 0 Å². The summed E-state index contributed by atoms with van der Waals surface area (Å²) in [5, 5.41) is 5.09. The van der Waals surface area contributed by atoms with Crippen molar-refractivity contribution in [2.24, 2.45) is 0 Å². The summed E-state index contributed by atoms with van der Waals surface area (Å²) in [6.45, 7) is 8.79. The van der Waals surface area contributed by atoms with E-state index in [1.165, 1.54) is 22.5 Å². The highest BCUT2D eigenvalue weighted by Gasteiger charge is 2.36. The zero-order chi connectivity index (χ0) is 15.2. The van der Waals surface area contributed by atoms with E-state index in [2.05, 4.69) is 38.2 Å². The van der Waals surface area contributed by atoms with Crippen molar-refractivity contribution in [2.45, 2.75) is 45.4 Å². The minimum Gasteiger partial charge on any atom is -0.321 e. The lowest BCUT2D eigenvalue weighted by atomic mass is 9.86. The number of carbonyl (C=O) groups is 1. The molecule has 0 spiro atoms. The van der Waals surface area contributed by atoms with Crippen LogP contribution in [0.25, 0.3) is 0 Å². The monoisotopic (exact) mass is 299 g/mol. The lowest BCUT2D eigenvalue weighted by Gasteiger charge is -2.19. The highest BCUT2D eigenvalue weighted by molar-refractivity contribution is 7.12. The first-order chi connectivity index (χ1) is 9.90. The fourth-order valence-corrected chi connectivity index (χ4v) is 4.38. The Bertz CT molecular complexity index is 699. The average molecular weight is 299 g/mol. The summed E-state index contributed by atoms with van der Waals surface area (Å²) in [4.78, 5) is 13.3. The fraction of sp³-hybridized carbons (Fsp3) is 0.389. The molecule has 110 valence electrons. The summed E-state index contributed by atoms with van der Waals surface area (Å²) in [6.07, 6.45) is 1.13. The van der Waals surface area contributed by atoms with Crippen molar-refractivity contribution in [3.63, 3.8) is 0 Å². The Balaban J connectivity index is 1.97. The fourth-order valence-electron chi connectivity index (χ4n) is 3.56. The molecule has 2 nitrogen and oxygen atoms in total. The number of nitrogens with one attached hydrogen (secondary N) is 1. The maximum atomic E-state index is 12.5. The molecule has 1 aromatic heterocycles. The Morgan fingerprint density at radius 3 is 2.76 bits per heavy atom. The molecule has 1 atom stereocenters. The van der Waals surface area contributed by atoms with Crippen molar-refractivity contribution in [1.82, 2.24) is 0 Å². The second-order valence-electron chi connectivity index (χ2n) is 6.64.